The summed E-state index contributed by atoms with van der Waals surface area (Å²) in [5.41, 5.74) is 1.00. The van der Waals surface area contributed by atoms with Gasteiger partial charge in [0.05, 0.1) is 19.5 Å². The second kappa shape index (κ2) is 5.63. The van der Waals surface area contributed by atoms with E-state index in [1.54, 1.807) is 0 Å². The van der Waals surface area contributed by atoms with Crippen molar-refractivity contribution in [1.29, 1.82) is 0 Å². The van der Waals surface area contributed by atoms with Crippen LogP contribution in [0.25, 0.3) is 0 Å². The molecule has 1 rings (SSSR count). The Morgan fingerprint density at radius 1 is 1.56 bits per heavy atom. The van der Waals surface area contributed by atoms with Crippen LogP contribution in [0, 0.1) is 0 Å². The van der Waals surface area contributed by atoms with Gasteiger partial charge in [-0.3, -0.25) is 0 Å². The van der Waals surface area contributed by atoms with Gasteiger partial charge in [0.25, 0.3) is 0 Å². The van der Waals surface area contributed by atoms with Gasteiger partial charge in [-0.05, 0) is 12.0 Å². The third-order valence-electron chi connectivity index (χ3n) is 1.04. The molecule has 2 heteroatoms. The van der Waals surface area contributed by atoms with Gasteiger partial charge in [-0.2, -0.15) is 0 Å². The summed E-state index contributed by atoms with van der Waals surface area (Å²) in [6.07, 6.45) is 2.03. The molecule has 0 amide bonds. The van der Waals surface area contributed by atoms with Crippen molar-refractivity contribution < 1.29 is 9.84 Å². The molecule has 0 atom stereocenters. The zero-order valence-corrected chi connectivity index (χ0v) is 6.05. The summed E-state index contributed by atoms with van der Waals surface area (Å²) in [6, 6.07) is 0. The minimum Gasteiger partial charge on any atom is -0.516 e. The Labute approximate surface area is 56.1 Å². The number of hydrogen-bond acceptors (Lipinski definition) is 2. The number of hydrogen-bond donors (Lipinski definition) is 1. The molecule has 0 spiro atoms. The second-order valence-corrected chi connectivity index (χ2v) is 1.59. The molecule has 0 aromatic heterocycles. The Hall–Kier alpha value is -0.500. The SMILES string of the molecule is CC.O/C=C1\CCOC1. The van der Waals surface area contributed by atoms with Crippen molar-refractivity contribution in [1.82, 2.24) is 0 Å². The van der Waals surface area contributed by atoms with Crippen LogP contribution in [0.3, 0.4) is 0 Å². The highest BCUT2D eigenvalue weighted by molar-refractivity contribution is 5.00. The molecule has 0 aromatic carbocycles. The first-order valence-electron chi connectivity index (χ1n) is 3.33. The van der Waals surface area contributed by atoms with E-state index in [4.69, 9.17) is 9.84 Å². The monoisotopic (exact) mass is 130 g/mol. The largest absolute Gasteiger partial charge is 0.516 e. The van der Waals surface area contributed by atoms with E-state index >= 15 is 0 Å². The van der Waals surface area contributed by atoms with Crippen LogP contribution in [0.4, 0.5) is 0 Å². The molecule has 0 aromatic rings. The molecule has 1 aliphatic rings. The Morgan fingerprint density at radius 2 is 2.22 bits per heavy atom. The van der Waals surface area contributed by atoms with Gasteiger partial charge in [0.1, 0.15) is 0 Å². The average Bonchev–Trinajstić information content (AvgIpc) is 2.43. The summed E-state index contributed by atoms with van der Waals surface area (Å²) >= 11 is 0. The van der Waals surface area contributed by atoms with Crippen molar-refractivity contribution >= 4 is 0 Å². The predicted octanol–water partition coefficient (Wildman–Crippen LogP) is 1.87. The maximum Gasteiger partial charge on any atom is 0.0807 e. The molecule has 9 heavy (non-hydrogen) atoms. The van der Waals surface area contributed by atoms with Crippen molar-refractivity contribution in [3.63, 3.8) is 0 Å². The zero-order chi connectivity index (χ0) is 7.11. The van der Waals surface area contributed by atoms with Gasteiger partial charge >= 0.3 is 0 Å². The van der Waals surface area contributed by atoms with E-state index in [2.05, 4.69) is 0 Å². The standard InChI is InChI=1S/C5H8O2.C2H6/c6-3-5-1-2-7-4-5;1-2/h3,6H,1-2,4H2;1-2H3/b5-3+;. The first-order valence-corrected chi connectivity index (χ1v) is 3.33. The molecule has 2 nitrogen and oxygen atoms in total. The molecule has 1 saturated heterocycles. The molecule has 0 saturated carbocycles. The lowest BCUT2D eigenvalue weighted by Gasteiger charge is -1.82. The van der Waals surface area contributed by atoms with E-state index in [0.717, 1.165) is 24.9 Å². The van der Waals surface area contributed by atoms with E-state index in [0.29, 0.717) is 6.61 Å². The molecule has 1 N–H and O–H groups in total. The Balaban J connectivity index is 0.000000291. The fourth-order valence-corrected chi connectivity index (χ4v) is 0.581. The van der Waals surface area contributed by atoms with Gasteiger partial charge in [0.2, 0.25) is 0 Å². The molecule has 0 bridgehead atoms. The van der Waals surface area contributed by atoms with Gasteiger partial charge in [0.15, 0.2) is 0 Å². The van der Waals surface area contributed by atoms with Crippen LogP contribution >= 0.6 is 0 Å². The fourth-order valence-electron chi connectivity index (χ4n) is 0.581. The molecule has 0 unspecified atom stereocenters. The van der Waals surface area contributed by atoms with Gasteiger partial charge in [-0.15, -0.1) is 0 Å². The van der Waals surface area contributed by atoms with Gasteiger partial charge in [-0.1, -0.05) is 13.8 Å². The molecule has 0 radical (unpaired) electrons. The first kappa shape index (κ1) is 8.50. The number of aliphatic hydroxyl groups excluding tert-OH is 1. The molecule has 54 valence electrons. The number of aliphatic hydroxyl groups is 1. The third-order valence-corrected chi connectivity index (χ3v) is 1.04. The van der Waals surface area contributed by atoms with E-state index in [1.165, 1.54) is 0 Å². The summed E-state index contributed by atoms with van der Waals surface area (Å²) in [5.74, 6) is 0. The number of rotatable bonds is 0. The van der Waals surface area contributed by atoms with Gasteiger partial charge in [-0.25, -0.2) is 0 Å². The Kier molecular flexibility index (Phi) is 5.32. The third kappa shape index (κ3) is 3.14. The van der Waals surface area contributed by atoms with Crippen molar-refractivity contribution in [3.8, 4) is 0 Å². The Bertz CT molecular complexity index is 78.9. The van der Waals surface area contributed by atoms with E-state index in [1.807, 2.05) is 13.8 Å². The molecular formula is C7H14O2. The highest BCUT2D eigenvalue weighted by Crippen LogP contribution is 2.08. The van der Waals surface area contributed by atoms with Crippen LogP contribution in [-0.2, 0) is 4.74 Å². The fraction of sp³-hybridized carbons (Fsp3) is 0.714. The summed E-state index contributed by atoms with van der Waals surface area (Å²) in [7, 11) is 0. The van der Waals surface area contributed by atoms with Crippen molar-refractivity contribution in [2.24, 2.45) is 0 Å². The Morgan fingerprint density at radius 3 is 2.44 bits per heavy atom. The molecular weight excluding hydrogens is 116 g/mol. The summed E-state index contributed by atoms with van der Waals surface area (Å²) in [6.45, 7) is 5.39. The smallest absolute Gasteiger partial charge is 0.0807 e. The van der Waals surface area contributed by atoms with Crippen LogP contribution in [0.1, 0.15) is 20.3 Å². The van der Waals surface area contributed by atoms with E-state index in [9.17, 15) is 0 Å². The quantitative estimate of drug-likeness (QED) is 0.507. The van der Waals surface area contributed by atoms with Gasteiger partial charge in [0, 0.05) is 0 Å². The van der Waals surface area contributed by atoms with Crippen LogP contribution < -0.4 is 0 Å². The average molecular weight is 130 g/mol. The second-order valence-electron chi connectivity index (χ2n) is 1.59. The summed E-state index contributed by atoms with van der Waals surface area (Å²) in [5, 5.41) is 8.32. The van der Waals surface area contributed by atoms with Crippen molar-refractivity contribution in [3.05, 3.63) is 11.8 Å². The lowest BCUT2D eigenvalue weighted by molar-refractivity contribution is 0.204. The lowest BCUT2D eigenvalue weighted by Crippen LogP contribution is -1.78. The highest BCUT2D eigenvalue weighted by Gasteiger charge is 2.04. The van der Waals surface area contributed by atoms with E-state index in [-0.39, 0.29) is 0 Å². The maximum absolute atomic E-state index is 8.32. The minimum absolute atomic E-state index is 0.622. The van der Waals surface area contributed by atoms with Crippen LogP contribution in [-0.4, -0.2) is 18.3 Å². The summed E-state index contributed by atoms with van der Waals surface area (Å²) < 4.78 is 4.92. The van der Waals surface area contributed by atoms with Crippen LogP contribution in [0.5, 0.6) is 0 Å². The maximum atomic E-state index is 8.32. The topological polar surface area (TPSA) is 29.5 Å². The van der Waals surface area contributed by atoms with Crippen LogP contribution in [0.15, 0.2) is 11.8 Å². The highest BCUT2D eigenvalue weighted by atomic mass is 16.5. The summed E-state index contributed by atoms with van der Waals surface area (Å²) in [4.78, 5) is 0. The zero-order valence-electron chi connectivity index (χ0n) is 6.05. The van der Waals surface area contributed by atoms with Crippen LogP contribution in [0.2, 0.25) is 0 Å². The van der Waals surface area contributed by atoms with Crippen molar-refractivity contribution in [2.45, 2.75) is 20.3 Å². The lowest BCUT2D eigenvalue weighted by atomic mass is 10.3. The normalized spacial score (nSPS) is 21.3. The molecule has 1 fully saturated rings. The molecule has 1 heterocycles. The predicted molar refractivity (Wildman–Crippen MR) is 37.5 cm³/mol. The first-order chi connectivity index (χ1) is 4.43. The minimum atomic E-state index is 0.622. The van der Waals surface area contributed by atoms with Crippen molar-refractivity contribution in [2.75, 3.05) is 13.2 Å². The molecule has 0 aliphatic carbocycles. The molecule has 1 aliphatic heterocycles. The van der Waals surface area contributed by atoms with Gasteiger partial charge < -0.3 is 9.84 Å². The number of ether oxygens (including phenoxy) is 1. The van der Waals surface area contributed by atoms with E-state index < -0.39 is 0 Å².